The van der Waals surface area contributed by atoms with Crippen molar-refractivity contribution >= 4 is 5.78 Å². The van der Waals surface area contributed by atoms with Gasteiger partial charge in [0.05, 0.1) is 17.7 Å². The van der Waals surface area contributed by atoms with Crippen molar-refractivity contribution in [3.63, 3.8) is 0 Å². The van der Waals surface area contributed by atoms with Gasteiger partial charge in [-0.2, -0.15) is 26.3 Å². The number of benzene rings is 1. The fraction of sp³-hybridized carbons (Fsp3) is 0.462. The quantitative estimate of drug-likeness (QED) is 0.789. The average Bonchev–Trinajstić information content (AvgIpc) is 2.24. The Kier molecular flexibility index (Phi) is 5.03. The van der Waals surface area contributed by atoms with Crippen molar-refractivity contribution in [2.75, 3.05) is 13.6 Å². The summed E-state index contributed by atoms with van der Waals surface area (Å²) >= 11 is 0. The van der Waals surface area contributed by atoms with E-state index in [4.69, 9.17) is 0 Å². The Balaban J connectivity index is 3.17. The lowest BCUT2D eigenvalue weighted by Crippen LogP contribution is -2.24. The average molecular weight is 313 g/mol. The number of ketones is 1. The number of rotatable bonds is 4. The van der Waals surface area contributed by atoms with Crippen molar-refractivity contribution < 1.29 is 31.1 Å². The fourth-order valence-corrected chi connectivity index (χ4v) is 1.86. The Hall–Kier alpha value is -1.57. The van der Waals surface area contributed by atoms with Crippen LogP contribution in [0.15, 0.2) is 18.2 Å². The Labute approximate surface area is 117 Å². The second kappa shape index (κ2) is 6.05. The molecule has 0 heterocycles. The number of carbonyl (C=O) groups excluding carboxylic acids is 1. The third-order valence-electron chi connectivity index (χ3n) is 2.59. The smallest absolute Gasteiger partial charge is 0.299 e. The van der Waals surface area contributed by atoms with Gasteiger partial charge in [-0.05, 0) is 37.7 Å². The van der Waals surface area contributed by atoms with E-state index in [1.54, 1.807) is 0 Å². The van der Waals surface area contributed by atoms with Crippen molar-refractivity contribution in [3.8, 4) is 0 Å². The van der Waals surface area contributed by atoms with Crippen LogP contribution in [-0.4, -0.2) is 24.3 Å². The molecule has 0 spiro atoms. The van der Waals surface area contributed by atoms with E-state index < -0.39 is 23.5 Å². The number of Topliss-reactive ketones (excluding diaryl/α,β-unsaturated/α-hetero) is 1. The summed E-state index contributed by atoms with van der Waals surface area (Å²) in [7, 11) is 1.44. The van der Waals surface area contributed by atoms with Gasteiger partial charge < -0.3 is 0 Å². The van der Waals surface area contributed by atoms with Crippen LogP contribution in [0.4, 0.5) is 26.3 Å². The molecule has 1 aromatic carbocycles. The summed E-state index contributed by atoms with van der Waals surface area (Å²) < 4.78 is 75.9. The maximum atomic E-state index is 12.6. The van der Waals surface area contributed by atoms with Gasteiger partial charge in [0, 0.05) is 6.54 Å². The molecular formula is C13H13F6NO. The largest absolute Gasteiger partial charge is 0.416 e. The summed E-state index contributed by atoms with van der Waals surface area (Å²) in [5.74, 6) is -0.236. The molecule has 0 fully saturated rings. The monoisotopic (exact) mass is 313 g/mol. The molecule has 0 saturated carbocycles. The van der Waals surface area contributed by atoms with Crippen LogP contribution >= 0.6 is 0 Å². The van der Waals surface area contributed by atoms with Gasteiger partial charge in [0.15, 0.2) is 0 Å². The maximum absolute atomic E-state index is 12.6. The number of hydrogen-bond donors (Lipinski definition) is 0. The summed E-state index contributed by atoms with van der Waals surface area (Å²) in [6.07, 6.45) is -9.73. The molecule has 1 rings (SSSR count). The zero-order valence-corrected chi connectivity index (χ0v) is 11.3. The van der Waals surface area contributed by atoms with E-state index in [2.05, 4.69) is 0 Å². The standard InChI is InChI=1S/C13H13F6NO/c1-8(21)6-20(2)7-9-3-10(12(14,15)16)5-11(4-9)13(17,18)19/h3-5H,6-7H2,1-2H3. The van der Waals surface area contributed by atoms with Crippen molar-refractivity contribution in [3.05, 3.63) is 34.9 Å². The molecule has 0 aliphatic carbocycles. The molecule has 0 N–H and O–H groups in total. The van der Waals surface area contributed by atoms with Gasteiger partial charge in [0.2, 0.25) is 0 Å². The van der Waals surface area contributed by atoms with Crippen LogP contribution in [0.25, 0.3) is 0 Å². The molecule has 0 radical (unpaired) electrons. The highest BCUT2D eigenvalue weighted by molar-refractivity contribution is 5.77. The fourth-order valence-electron chi connectivity index (χ4n) is 1.86. The van der Waals surface area contributed by atoms with E-state index in [9.17, 15) is 31.1 Å². The van der Waals surface area contributed by atoms with E-state index in [1.165, 1.54) is 18.9 Å². The second-order valence-corrected chi connectivity index (χ2v) is 4.79. The molecule has 0 unspecified atom stereocenters. The van der Waals surface area contributed by atoms with Crippen LogP contribution in [0.3, 0.4) is 0 Å². The highest BCUT2D eigenvalue weighted by atomic mass is 19.4. The highest BCUT2D eigenvalue weighted by Crippen LogP contribution is 2.36. The summed E-state index contributed by atoms with van der Waals surface area (Å²) in [6, 6.07) is 1.40. The molecule has 0 atom stereocenters. The summed E-state index contributed by atoms with van der Waals surface area (Å²) in [4.78, 5) is 12.2. The van der Waals surface area contributed by atoms with Gasteiger partial charge in [0.1, 0.15) is 5.78 Å². The zero-order chi connectivity index (χ0) is 16.4. The van der Waals surface area contributed by atoms with Crippen molar-refractivity contribution in [1.82, 2.24) is 4.90 Å². The normalized spacial score (nSPS) is 12.8. The van der Waals surface area contributed by atoms with Gasteiger partial charge in [-0.1, -0.05) is 0 Å². The lowest BCUT2D eigenvalue weighted by atomic mass is 10.0. The molecule has 0 aromatic heterocycles. The predicted octanol–water partition coefficient (Wildman–Crippen LogP) is 3.75. The maximum Gasteiger partial charge on any atom is 0.416 e. The molecule has 0 amide bonds. The third kappa shape index (κ3) is 5.37. The Morgan fingerprint density at radius 3 is 1.76 bits per heavy atom. The van der Waals surface area contributed by atoms with E-state index in [0.29, 0.717) is 12.1 Å². The van der Waals surface area contributed by atoms with Gasteiger partial charge in [-0.3, -0.25) is 9.69 Å². The van der Waals surface area contributed by atoms with Gasteiger partial charge in [0.25, 0.3) is 0 Å². The number of alkyl halides is 6. The number of hydrogen-bond acceptors (Lipinski definition) is 2. The Morgan fingerprint density at radius 1 is 1.00 bits per heavy atom. The molecule has 0 saturated heterocycles. The Bertz CT molecular complexity index is 488. The molecule has 0 bridgehead atoms. The SMILES string of the molecule is CC(=O)CN(C)Cc1cc(C(F)(F)F)cc(C(F)(F)F)c1. The molecule has 2 nitrogen and oxygen atoms in total. The Morgan fingerprint density at radius 2 is 1.43 bits per heavy atom. The number of halogens is 6. The van der Waals surface area contributed by atoms with E-state index in [1.807, 2.05) is 0 Å². The second-order valence-electron chi connectivity index (χ2n) is 4.79. The summed E-state index contributed by atoms with van der Waals surface area (Å²) in [6.45, 7) is 1.04. The van der Waals surface area contributed by atoms with Crippen molar-refractivity contribution in [1.29, 1.82) is 0 Å². The molecule has 8 heteroatoms. The summed E-state index contributed by atoms with van der Waals surface area (Å²) in [5, 5.41) is 0. The van der Waals surface area contributed by atoms with Gasteiger partial charge >= 0.3 is 12.4 Å². The van der Waals surface area contributed by atoms with Crippen LogP contribution in [0.5, 0.6) is 0 Å². The molecule has 1 aromatic rings. The number of likely N-dealkylation sites (N-methyl/N-ethyl adjacent to an activating group) is 1. The first-order valence-electron chi connectivity index (χ1n) is 5.86. The van der Waals surface area contributed by atoms with Crippen LogP contribution in [0, 0.1) is 0 Å². The molecular weight excluding hydrogens is 300 g/mol. The van der Waals surface area contributed by atoms with Crippen molar-refractivity contribution in [2.45, 2.75) is 25.8 Å². The predicted molar refractivity (Wildman–Crippen MR) is 63.5 cm³/mol. The first kappa shape index (κ1) is 17.5. The van der Waals surface area contributed by atoms with Crippen LogP contribution < -0.4 is 0 Å². The van der Waals surface area contributed by atoms with Crippen LogP contribution in [-0.2, 0) is 23.7 Å². The lowest BCUT2D eigenvalue weighted by Gasteiger charge is -2.18. The van der Waals surface area contributed by atoms with E-state index in [0.717, 1.165) is 0 Å². The van der Waals surface area contributed by atoms with Crippen LogP contribution in [0.2, 0.25) is 0 Å². The zero-order valence-electron chi connectivity index (χ0n) is 11.3. The van der Waals surface area contributed by atoms with Gasteiger partial charge in [-0.25, -0.2) is 0 Å². The minimum Gasteiger partial charge on any atom is -0.299 e. The van der Waals surface area contributed by atoms with Gasteiger partial charge in [-0.15, -0.1) is 0 Å². The molecule has 0 aliphatic rings. The molecule has 0 aliphatic heterocycles. The van der Waals surface area contributed by atoms with Crippen LogP contribution in [0.1, 0.15) is 23.6 Å². The number of nitrogens with zero attached hydrogens (tertiary/aromatic N) is 1. The molecule has 118 valence electrons. The topological polar surface area (TPSA) is 20.3 Å². The number of carbonyl (C=O) groups is 1. The molecule has 21 heavy (non-hydrogen) atoms. The lowest BCUT2D eigenvalue weighted by molar-refractivity contribution is -0.143. The minimum atomic E-state index is -4.87. The third-order valence-corrected chi connectivity index (χ3v) is 2.59. The first-order chi connectivity index (χ1) is 9.39. The summed E-state index contributed by atoms with van der Waals surface area (Å²) in [5.41, 5.74) is -2.87. The highest BCUT2D eigenvalue weighted by Gasteiger charge is 2.36. The van der Waals surface area contributed by atoms with E-state index >= 15 is 0 Å². The first-order valence-corrected chi connectivity index (χ1v) is 5.86. The van der Waals surface area contributed by atoms with E-state index in [-0.39, 0.29) is 30.5 Å². The van der Waals surface area contributed by atoms with Crippen molar-refractivity contribution in [2.24, 2.45) is 0 Å². The minimum absolute atomic E-state index is 0.0579.